The van der Waals surface area contributed by atoms with Crippen molar-refractivity contribution in [3.05, 3.63) is 23.8 Å². The molecule has 0 saturated carbocycles. The van der Waals surface area contributed by atoms with Gasteiger partial charge >= 0.3 is 6.03 Å². The Balaban J connectivity index is 2.43. The number of urea groups is 1. The summed E-state index contributed by atoms with van der Waals surface area (Å²) in [4.78, 5) is 11.8. The molecule has 0 aliphatic rings. The first-order chi connectivity index (χ1) is 10.6. The highest BCUT2D eigenvalue weighted by atomic mass is 16.5. The predicted octanol–water partition coefficient (Wildman–Crippen LogP) is 3.46. The van der Waals surface area contributed by atoms with Crippen molar-refractivity contribution in [3.63, 3.8) is 0 Å². The maximum absolute atomic E-state index is 11.8. The van der Waals surface area contributed by atoms with Gasteiger partial charge in [0.05, 0.1) is 12.7 Å². The highest BCUT2D eigenvalue weighted by Gasteiger charge is 2.06. The Bertz CT molecular complexity index is 463. The number of hydrogen-bond acceptors (Lipinski definition) is 3. The summed E-state index contributed by atoms with van der Waals surface area (Å²) in [6, 6.07) is 5.37. The van der Waals surface area contributed by atoms with Crippen LogP contribution in [0.4, 0.5) is 10.5 Å². The smallest absolute Gasteiger partial charge is 0.319 e. The van der Waals surface area contributed by atoms with Gasteiger partial charge < -0.3 is 20.5 Å². The zero-order valence-electron chi connectivity index (χ0n) is 13.8. The number of aliphatic hydroxyl groups is 1. The van der Waals surface area contributed by atoms with Crippen molar-refractivity contribution in [2.75, 3.05) is 18.5 Å². The Morgan fingerprint density at radius 1 is 1.36 bits per heavy atom. The van der Waals surface area contributed by atoms with Crippen LogP contribution >= 0.6 is 0 Å². The SMILES string of the molecule is CCCCOc1ccc(NC(=O)NCCC(O)CC)c(C)c1. The van der Waals surface area contributed by atoms with Crippen LogP contribution in [-0.4, -0.2) is 30.4 Å². The van der Waals surface area contributed by atoms with Gasteiger partial charge in [-0.25, -0.2) is 4.79 Å². The maximum atomic E-state index is 11.8. The highest BCUT2D eigenvalue weighted by molar-refractivity contribution is 5.90. The number of rotatable bonds is 9. The van der Waals surface area contributed by atoms with Crippen LogP contribution in [-0.2, 0) is 0 Å². The standard InChI is InChI=1S/C17H28N2O3/c1-4-6-11-22-15-7-8-16(13(3)12-15)19-17(21)18-10-9-14(20)5-2/h7-8,12,14,20H,4-6,9-11H2,1-3H3,(H2,18,19,21). The zero-order chi connectivity index (χ0) is 16.4. The Morgan fingerprint density at radius 3 is 2.77 bits per heavy atom. The number of nitrogens with one attached hydrogen (secondary N) is 2. The molecule has 22 heavy (non-hydrogen) atoms. The lowest BCUT2D eigenvalue weighted by molar-refractivity contribution is 0.160. The first-order valence-electron chi connectivity index (χ1n) is 8.03. The molecule has 124 valence electrons. The third-order valence-electron chi connectivity index (χ3n) is 3.45. The van der Waals surface area contributed by atoms with Gasteiger partial charge in [0.2, 0.25) is 0 Å². The lowest BCUT2D eigenvalue weighted by Gasteiger charge is -2.13. The molecule has 0 fully saturated rings. The van der Waals surface area contributed by atoms with Gasteiger partial charge in [-0.15, -0.1) is 0 Å². The fraction of sp³-hybridized carbons (Fsp3) is 0.588. The van der Waals surface area contributed by atoms with Gasteiger partial charge in [-0.1, -0.05) is 20.3 Å². The van der Waals surface area contributed by atoms with E-state index < -0.39 is 0 Å². The summed E-state index contributed by atoms with van der Waals surface area (Å²) in [6.07, 6.45) is 3.03. The van der Waals surface area contributed by atoms with E-state index in [0.717, 1.165) is 29.8 Å². The topological polar surface area (TPSA) is 70.6 Å². The van der Waals surface area contributed by atoms with Gasteiger partial charge in [0.1, 0.15) is 5.75 Å². The molecule has 1 aromatic carbocycles. The molecule has 0 radical (unpaired) electrons. The van der Waals surface area contributed by atoms with Crippen LogP contribution in [0.1, 0.15) is 45.1 Å². The van der Waals surface area contributed by atoms with E-state index in [2.05, 4.69) is 17.6 Å². The summed E-state index contributed by atoms with van der Waals surface area (Å²) < 4.78 is 5.63. The highest BCUT2D eigenvalue weighted by Crippen LogP contribution is 2.21. The normalized spacial score (nSPS) is 11.8. The minimum absolute atomic E-state index is 0.258. The molecule has 0 aliphatic heterocycles. The molecule has 5 nitrogen and oxygen atoms in total. The van der Waals surface area contributed by atoms with E-state index in [0.29, 0.717) is 26.0 Å². The van der Waals surface area contributed by atoms with Gasteiger partial charge in [0.25, 0.3) is 0 Å². The molecule has 1 atom stereocenters. The number of benzene rings is 1. The van der Waals surface area contributed by atoms with Crippen LogP contribution < -0.4 is 15.4 Å². The van der Waals surface area contributed by atoms with Gasteiger partial charge in [-0.3, -0.25) is 0 Å². The first-order valence-corrected chi connectivity index (χ1v) is 8.03. The van der Waals surface area contributed by atoms with Crippen molar-refractivity contribution in [1.82, 2.24) is 5.32 Å². The molecule has 0 aromatic heterocycles. The number of ether oxygens (including phenoxy) is 1. The summed E-state index contributed by atoms with van der Waals surface area (Å²) in [5, 5.41) is 15.0. The average Bonchev–Trinajstić information content (AvgIpc) is 2.50. The summed E-state index contributed by atoms with van der Waals surface area (Å²) in [5.74, 6) is 0.822. The number of aliphatic hydroxyl groups excluding tert-OH is 1. The second-order valence-electron chi connectivity index (χ2n) is 5.41. The molecule has 5 heteroatoms. The molecule has 0 bridgehead atoms. The number of anilines is 1. The van der Waals surface area contributed by atoms with E-state index in [-0.39, 0.29) is 12.1 Å². The van der Waals surface area contributed by atoms with Crippen molar-refractivity contribution >= 4 is 11.7 Å². The monoisotopic (exact) mass is 308 g/mol. The molecule has 3 N–H and O–H groups in total. The number of carbonyl (C=O) groups excluding carboxylic acids is 1. The Kier molecular flexibility index (Phi) is 8.36. The average molecular weight is 308 g/mol. The summed E-state index contributed by atoms with van der Waals surface area (Å²) >= 11 is 0. The third-order valence-corrected chi connectivity index (χ3v) is 3.45. The van der Waals surface area contributed by atoms with E-state index >= 15 is 0 Å². The lowest BCUT2D eigenvalue weighted by atomic mass is 10.2. The van der Waals surface area contributed by atoms with Gasteiger partial charge in [-0.05, 0) is 49.9 Å². The Labute approximate surface area is 133 Å². The van der Waals surface area contributed by atoms with E-state index in [9.17, 15) is 9.90 Å². The maximum Gasteiger partial charge on any atom is 0.319 e. The van der Waals surface area contributed by atoms with Crippen LogP contribution in [0.2, 0.25) is 0 Å². The van der Waals surface area contributed by atoms with Crippen LogP contribution in [0.3, 0.4) is 0 Å². The zero-order valence-corrected chi connectivity index (χ0v) is 13.8. The quantitative estimate of drug-likeness (QED) is 0.612. The molecule has 0 aliphatic carbocycles. The number of hydrogen-bond donors (Lipinski definition) is 3. The molecular formula is C17H28N2O3. The molecular weight excluding hydrogens is 280 g/mol. The van der Waals surface area contributed by atoms with Crippen molar-refractivity contribution in [2.24, 2.45) is 0 Å². The second kappa shape index (κ2) is 10.1. The second-order valence-corrected chi connectivity index (χ2v) is 5.41. The van der Waals surface area contributed by atoms with Crippen molar-refractivity contribution in [2.45, 2.75) is 52.6 Å². The Morgan fingerprint density at radius 2 is 2.14 bits per heavy atom. The van der Waals surface area contributed by atoms with E-state index in [1.807, 2.05) is 32.0 Å². The fourth-order valence-electron chi connectivity index (χ4n) is 1.92. The van der Waals surface area contributed by atoms with Crippen LogP contribution in [0.5, 0.6) is 5.75 Å². The molecule has 0 heterocycles. The predicted molar refractivity (Wildman–Crippen MR) is 89.5 cm³/mol. The molecule has 1 rings (SSSR count). The summed E-state index contributed by atoms with van der Waals surface area (Å²) in [5.41, 5.74) is 1.72. The Hall–Kier alpha value is -1.75. The van der Waals surface area contributed by atoms with Crippen LogP contribution in [0.15, 0.2) is 18.2 Å². The number of amides is 2. The minimum atomic E-state index is -0.360. The van der Waals surface area contributed by atoms with E-state index in [4.69, 9.17) is 4.74 Å². The molecule has 1 unspecified atom stereocenters. The third kappa shape index (κ3) is 6.80. The largest absolute Gasteiger partial charge is 0.494 e. The molecule has 1 aromatic rings. The summed E-state index contributed by atoms with van der Waals surface area (Å²) in [7, 11) is 0. The first kappa shape index (κ1) is 18.3. The number of carbonyl (C=O) groups is 1. The van der Waals surface area contributed by atoms with Gasteiger partial charge in [0.15, 0.2) is 0 Å². The van der Waals surface area contributed by atoms with E-state index in [1.54, 1.807) is 0 Å². The van der Waals surface area contributed by atoms with Crippen molar-refractivity contribution in [3.8, 4) is 5.75 Å². The lowest BCUT2D eigenvalue weighted by Crippen LogP contribution is -2.31. The van der Waals surface area contributed by atoms with Gasteiger partial charge in [0, 0.05) is 12.2 Å². The summed E-state index contributed by atoms with van der Waals surface area (Å²) in [6.45, 7) is 7.14. The molecule has 0 spiro atoms. The molecule has 0 saturated heterocycles. The number of aryl methyl sites for hydroxylation is 1. The minimum Gasteiger partial charge on any atom is -0.494 e. The fourth-order valence-corrected chi connectivity index (χ4v) is 1.92. The van der Waals surface area contributed by atoms with E-state index in [1.165, 1.54) is 0 Å². The molecule has 2 amide bonds. The van der Waals surface area contributed by atoms with Gasteiger partial charge in [-0.2, -0.15) is 0 Å². The van der Waals surface area contributed by atoms with Crippen molar-refractivity contribution in [1.29, 1.82) is 0 Å². The van der Waals surface area contributed by atoms with Crippen LogP contribution in [0, 0.1) is 6.92 Å². The van der Waals surface area contributed by atoms with Crippen LogP contribution in [0.25, 0.3) is 0 Å². The number of unbranched alkanes of at least 4 members (excludes halogenated alkanes) is 1. The van der Waals surface area contributed by atoms with Crippen molar-refractivity contribution < 1.29 is 14.6 Å².